The van der Waals surface area contributed by atoms with Crippen LogP contribution in [0.25, 0.3) is 0 Å². The maximum absolute atomic E-state index is 11.4. The molecular weight excluding hydrogens is 192 g/mol. The molecule has 0 aromatic carbocycles. The lowest BCUT2D eigenvalue weighted by Crippen LogP contribution is -2.49. The third-order valence-corrected chi connectivity index (χ3v) is 3.79. The maximum Gasteiger partial charge on any atom is 0.312 e. The Hall–Kier alpha value is -0.570. The lowest BCUT2D eigenvalue weighted by molar-refractivity contribution is -0.168. The summed E-state index contributed by atoms with van der Waals surface area (Å²) >= 11 is 0. The van der Waals surface area contributed by atoms with E-state index in [9.17, 15) is 15.0 Å². The first kappa shape index (κ1) is 12.5. The zero-order chi connectivity index (χ0) is 11.5. The summed E-state index contributed by atoms with van der Waals surface area (Å²) in [5.74, 6) is -0.836. The summed E-state index contributed by atoms with van der Waals surface area (Å²) in [6.45, 7) is 3.26. The van der Waals surface area contributed by atoms with Gasteiger partial charge in [-0.05, 0) is 26.7 Å². The highest BCUT2D eigenvalue weighted by Crippen LogP contribution is 2.43. The van der Waals surface area contributed by atoms with Crippen LogP contribution >= 0.6 is 0 Å². The van der Waals surface area contributed by atoms with Crippen molar-refractivity contribution in [2.45, 2.75) is 64.4 Å². The van der Waals surface area contributed by atoms with Crippen LogP contribution in [0.2, 0.25) is 0 Å². The van der Waals surface area contributed by atoms with E-state index in [1.165, 1.54) is 6.42 Å². The predicted molar refractivity (Wildman–Crippen MR) is 58.7 cm³/mol. The maximum atomic E-state index is 11.4. The summed E-state index contributed by atoms with van der Waals surface area (Å²) in [4.78, 5) is 11.4. The molecule has 0 unspecified atom stereocenters. The largest absolute Gasteiger partial charge is 0.481 e. The van der Waals surface area contributed by atoms with Crippen molar-refractivity contribution in [1.29, 1.82) is 0 Å². The SMILES string of the molecule is CC(C)(O)C1(C(=O)O)CCCCCCC1. The Kier molecular flexibility index (Phi) is 3.77. The lowest BCUT2D eigenvalue weighted by atomic mass is 9.66. The molecule has 0 amide bonds. The van der Waals surface area contributed by atoms with Crippen LogP contribution in [0.5, 0.6) is 0 Å². The Bertz CT molecular complexity index is 220. The van der Waals surface area contributed by atoms with Gasteiger partial charge in [-0.25, -0.2) is 0 Å². The number of hydrogen-bond acceptors (Lipinski definition) is 2. The summed E-state index contributed by atoms with van der Waals surface area (Å²) in [5, 5.41) is 19.5. The third kappa shape index (κ3) is 2.51. The molecule has 0 aliphatic heterocycles. The molecule has 0 spiro atoms. The monoisotopic (exact) mass is 214 g/mol. The Balaban J connectivity index is 2.91. The normalized spacial score (nSPS) is 22.9. The summed E-state index contributed by atoms with van der Waals surface area (Å²) in [6.07, 6.45) is 6.40. The Morgan fingerprint density at radius 2 is 1.47 bits per heavy atom. The topological polar surface area (TPSA) is 57.5 Å². The molecule has 0 atom stereocenters. The number of aliphatic hydroxyl groups is 1. The van der Waals surface area contributed by atoms with Gasteiger partial charge < -0.3 is 10.2 Å². The standard InChI is InChI=1S/C12H22O3/c1-11(2,15)12(10(13)14)8-6-4-3-5-7-9-12/h15H,3-9H2,1-2H3,(H,13,14). The fourth-order valence-corrected chi connectivity index (χ4v) is 2.60. The van der Waals surface area contributed by atoms with Gasteiger partial charge in [0.25, 0.3) is 0 Å². The summed E-state index contributed by atoms with van der Waals surface area (Å²) < 4.78 is 0. The minimum absolute atomic E-state index is 0.603. The van der Waals surface area contributed by atoms with Crippen molar-refractivity contribution >= 4 is 5.97 Å². The second kappa shape index (κ2) is 4.52. The minimum Gasteiger partial charge on any atom is -0.481 e. The van der Waals surface area contributed by atoms with Crippen LogP contribution in [0.4, 0.5) is 0 Å². The molecule has 0 saturated heterocycles. The van der Waals surface area contributed by atoms with E-state index in [2.05, 4.69) is 0 Å². The quantitative estimate of drug-likeness (QED) is 0.742. The first-order valence-corrected chi connectivity index (χ1v) is 5.86. The van der Waals surface area contributed by atoms with Crippen molar-refractivity contribution in [2.24, 2.45) is 5.41 Å². The second-order valence-corrected chi connectivity index (χ2v) is 5.21. The molecule has 3 nitrogen and oxygen atoms in total. The number of carboxylic acids is 1. The summed E-state index contributed by atoms with van der Waals surface area (Å²) in [6, 6.07) is 0. The lowest BCUT2D eigenvalue weighted by Gasteiger charge is -2.41. The average molecular weight is 214 g/mol. The van der Waals surface area contributed by atoms with E-state index in [1.54, 1.807) is 13.8 Å². The molecule has 0 aromatic rings. The smallest absolute Gasteiger partial charge is 0.312 e. The highest BCUT2D eigenvalue weighted by molar-refractivity contribution is 5.76. The van der Waals surface area contributed by atoms with E-state index in [0.717, 1.165) is 25.7 Å². The second-order valence-electron chi connectivity index (χ2n) is 5.21. The van der Waals surface area contributed by atoms with E-state index in [1.807, 2.05) is 0 Å². The number of rotatable bonds is 2. The van der Waals surface area contributed by atoms with Crippen LogP contribution in [0.15, 0.2) is 0 Å². The fourth-order valence-electron chi connectivity index (χ4n) is 2.60. The van der Waals surface area contributed by atoms with Crippen LogP contribution in [0.3, 0.4) is 0 Å². The van der Waals surface area contributed by atoms with Gasteiger partial charge in [0.15, 0.2) is 0 Å². The van der Waals surface area contributed by atoms with E-state index < -0.39 is 17.0 Å². The molecule has 1 aliphatic rings. The van der Waals surface area contributed by atoms with E-state index in [4.69, 9.17) is 0 Å². The van der Waals surface area contributed by atoms with E-state index in [0.29, 0.717) is 12.8 Å². The molecule has 1 fully saturated rings. The molecule has 0 heterocycles. The van der Waals surface area contributed by atoms with Crippen molar-refractivity contribution in [3.05, 3.63) is 0 Å². The van der Waals surface area contributed by atoms with E-state index in [-0.39, 0.29) is 0 Å². The van der Waals surface area contributed by atoms with Gasteiger partial charge in [0.1, 0.15) is 0 Å². The minimum atomic E-state index is -1.13. The molecule has 3 heteroatoms. The number of aliphatic carboxylic acids is 1. The molecule has 1 rings (SSSR count). The van der Waals surface area contributed by atoms with Crippen LogP contribution in [0.1, 0.15) is 58.8 Å². The highest BCUT2D eigenvalue weighted by Gasteiger charge is 2.49. The molecule has 15 heavy (non-hydrogen) atoms. The van der Waals surface area contributed by atoms with Crippen LogP contribution in [0, 0.1) is 5.41 Å². The Morgan fingerprint density at radius 1 is 1.07 bits per heavy atom. The first-order valence-electron chi connectivity index (χ1n) is 5.86. The Labute approximate surface area is 91.5 Å². The molecule has 0 bridgehead atoms. The molecule has 0 radical (unpaired) electrons. The van der Waals surface area contributed by atoms with Gasteiger partial charge in [0.05, 0.1) is 11.0 Å². The third-order valence-electron chi connectivity index (χ3n) is 3.79. The van der Waals surface area contributed by atoms with Crippen LogP contribution in [-0.2, 0) is 4.79 Å². The zero-order valence-electron chi connectivity index (χ0n) is 9.75. The van der Waals surface area contributed by atoms with Gasteiger partial charge in [0.2, 0.25) is 0 Å². The number of carboxylic acid groups (broad SMARTS) is 1. The van der Waals surface area contributed by atoms with Gasteiger partial charge in [-0.15, -0.1) is 0 Å². The number of hydrogen-bond donors (Lipinski definition) is 2. The average Bonchev–Trinajstić information content (AvgIpc) is 1.99. The molecule has 0 aromatic heterocycles. The van der Waals surface area contributed by atoms with Gasteiger partial charge in [-0.3, -0.25) is 4.79 Å². The summed E-state index contributed by atoms with van der Waals surface area (Å²) in [7, 11) is 0. The van der Waals surface area contributed by atoms with E-state index >= 15 is 0 Å². The zero-order valence-corrected chi connectivity index (χ0v) is 9.75. The van der Waals surface area contributed by atoms with Crippen molar-refractivity contribution < 1.29 is 15.0 Å². The molecule has 1 aliphatic carbocycles. The van der Waals surface area contributed by atoms with Crippen molar-refractivity contribution in [2.75, 3.05) is 0 Å². The van der Waals surface area contributed by atoms with Crippen LogP contribution < -0.4 is 0 Å². The van der Waals surface area contributed by atoms with Gasteiger partial charge >= 0.3 is 5.97 Å². The van der Waals surface area contributed by atoms with Crippen molar-refractivity contribution in [3.8, 4) is 0 Å². The van der Waals surface area contributed by atoms with Crippen LogP contribution in [-0.4, -0.2) is 21.8 Å². The van der Waals surface area contributed by atoms with Gasteiger partial charge in [0, 0.05) is 0 Å². The Morgan fingerprint density at radius 3 is 1.80 bits per heavy atom. The predicted octanol–water partition coefficient (Wildman–Crippen LogP) is 2.57. The van der Waals surface area contributed by atoms with Gasteiger partial charge in [-0.2, -0.15) is 0 Å². The van der Waals surface area contributed by atoms with Gasteiger partial charge in [-0.1, -0.05) is 32.1 Å². The number of carbonyl (C=O) groups is 1. The molecular formula is C12H22O3. The molecule has 88 valence electrons. The van der Waals surface area contributed by atoms with Crippen molar-refractivity contribution in [1.82, 2.24) is 0 Å². The molecule has 1 saturated carbocycles. The molecule has 2 N–H and O–H groups in total. The fraction of sp³-hybridized carbons (Fsp3) is 0.917. The highest BCUT2D eigenvalue weighted by atomic mass is 16.4. The van der Waals surface area contributed by atoms with Crippen molar-refractivity contribution in [3.63, 3.8) is 0 Å². The summed E-state index contributed by atoms with van der Waals surface area (Å²) in [5.41, 5.74) is -2.07. The first-order chi connectivity index (χ1) is 6.90.